The summed E-state index contributed by atoms with van der Waals surface area (Å²) < 4.78 is 32.2. The zero-order chi connectivity index (χ0) is 17.7. The number of sulfonamides is 1. The van der Waals surface area contributed by atoms with Crippen LogP contribution < -0.4 is 15.4 Å². The number of carbonyl (C=O) groups excluding carboxylic acids is 1. The summed E-state index contributed by atoms with van der Waals surface area (Å²) in [5.74, 6) is 0.441. The highest BCUT2D eigenvalue weighted by Gasteiger charge is 2.38. The van der Waals surface area contributed by atoms with Crippen molar-refractivity contribution in [2.75, 3.05) is 25.4 Å². The van der Waals surface area contributed by atoms with Gasteiger partial charge in [0.15, 0.2) is 0 Å². The Hall–Kier alpha value is -0.410. The predicted octanol–water partition coefficient (Wildman–Crippen LogP) is 0.934. The summed E-state index contributed by atoms with van der Waals surface area (Å²) in [6.07, 6.45) is 8.71. The topological polar surface area (TPSA) is 96.5 Å². The van der Waals surface area contributed by atoms with Crippen molar-refractivity contribution in [3.8, 4) is 0 Å². The molecule has 3 N–H and O–H groups in total. The predicted molar refractivity (Wildman–Crippen MR) is 103 cm³/mol. The van der Waals surface area contributed by atoms with Gasteiger partial charge in [0.25, 0.3) is 0 Å². The summed E-state index contributed by atoms with van der Waals surface area (Å²) in [5.41, 5.74) is 0. The first-order chi connectivity index (χ1) is 12.0. The van der Waals surface area contributed by atoms with Crippen molar-refractivity contribution in [1.29, 1.82) is 0 Å². The van der Waals surface area contributed by atoms with Gasteiger partial charge in [-0.15, -0.1) is 12.4 Å². The third-order valence-electron chi connectivity index (χ3n) is 5.65. The van der Waals surface area contributed by atoms with Crippen LogP contribution in [-0.2, 0) is 19.6 Å². The summed E-state index contributed by atoms with van der Waals surface area (Å²) in [4.78, 5) is 12.3. The number of fused-ring (bicyclic) bond motifs is 1. The Kier molecular flexibility index (Phi) is 8.60. The first-order valence-corrected chi connectivity index (χ1v) is 11.3. The van der Waals surface area contributed by atoms with Gasteiger partial charge in [-0.2, -0.15) is 0 Å². The van der Waals surface area contributed by atoms with E-state index in [1.807, 2.05) is 0 Å². The fraction of sp³-hybridized carbons (Fsp3) is 0.941. The van der Waals surface area contributed by atoms with E-state index in [0.717, 1.165) is 32.1 Å². The van der Waals surface area contributed by atoms with E-state index in [2.05, 4.69) is 15.4 Å². The number of nitrogens with one attached hydrogen (secondary N) is 3. The zero-order valence-corrected chi connectivity index (χ0v) is 16.9. The quantitative estimate of drug-likeness (QED) is 0.581. The summed E-state index contributed by atoms with van der Waals surface area (Å²) in [5, 5.41) is 6.19. The van der Waals surface area contributed by atoms with E-state index < -0.39 is 10.0 Å². The van der Waals surface area contributed by atoms with Crippen molar-refractivity contribution < 1.29 is 17.9 Å². The van der Waals surface area contributed by atoms with E-state index in [4.69, 9.17) is 4.74 Å². The van der Waals surface area contributed by atoms with E-state index in [9.17, 15) is 13.2 Å². The number of amides is 1. The highest BCUT2D eigenvalue weighted by Crippen LogP contribution is 2.33. The first-order valence-electron chi connectivity index (χ1n) is 9.66. The maximum absolute atomic E-state index is 12.3. The minimum Gasteiger partial charge on any atom is -0.377 e. The van der Waals surface area contributed by atoms with Gasteiger partial charge >= 0.3 is 0 Å². The van der Waals surface area contributed by atoms with E-state index in [0.29, 0.717) is 25.1 Å². The van der Waals surface area contributed by atoms with Crippen LogP contribution in [0.25, 0.3) is 0 Å². The Morgan fingerprint density at radius 2 is 1.88 bits per heavy atom. The summed E-state index contributed by atoms with van der Waals surface area (Å²) in [6.45, 7) is 1.18. The lowest BCUT2D eigenvalue weighted by molar-refractivity contribution is -0.122. The second-order valence-corrected chi connectivity index (χ2v) is 9.48. The summed E-state index contributed by atoms with van der Waals surface area (Å²) in [6, 6.07) is 0.296. The lowest BCUT2D eigenvalue weighted by atomic mass is 9.85. The molecule has 152 valence electrons. The normalized spacial score (nSPS) is 31.7. The highest BCUT2D eigenvalue weighted by molar-refractivity contribution is 7.89. The van der Waals surface area contributed by atoms with Crippen LogP contribution in [0.3, 0.4) is 0 Å². The number of hydrogen-bond acceptors (Lipinski definition) is 5. The monoisotopic (exact) mass is 409 g/mol. The molecule has 4 unspecified atom stereocenters. The van der Waals surface area contributed by atoms with Crippen LogP contribution in [0.4, 0.5) is 0 Å². The molecule has 2 saturated heterocycles. The number of ether oxygens (including phenoxy) is 1. The number of rotatable bonds is 7. The summed E-state index contributed by atoms with van der Waals surface area (Å²) in [7, 11) is -3.39. The third kappa shape index (κ3) is 6.34. The van der Waals surface area contributed by atoms with E-state index in [1.165, 1.54) is 19.3 Å². The van der Waals surface area contributed by atoms with Crippen molar-refractivity contribution >= 4 is 28.3 Å². The maximum atomic E-state index is 12.3. The molecule has 0 radical (unpaired) electrons. The molecule has 0 aromatic heterocycles. The molecule has 3 aliphatic rings. The Morgan fingerprint density at radius 3 is 2.62 bits per heavy atom. The lowest BCUT2D eigenvalue weighted by Gasteiger charge is -2.24. The van der Waals surface area contributed by atoms with Crippen LogP contribution in [0.1, 0.15) is 51.4 Å². The fourth-order valence-electron chi connectivity index (χ4n) is 4.21. The number of carbonyl (C=O) groups is 1. The SMILES string of the molecule is Cl.O=C(NCCS(=O)(=O)NCC1CCCCO1)C1CC2CCCCC2N1. The molecule has 26 heavy (non-hydrogen) atoms. The summed E-state index contributed by atoms with van der Waals surface area (Å²) >= 11 is 0. The number of hydrogen-bond donors (Lipinski definition) is 3. The molecular weight excluding hydrogens is 378 g/mol. The van der Waals surface area contributed by atoms with Crippen LogP contribution in [0.5, 0.6) is 0 Å². The average Bonchev–Trinajstić information content (AvgIpc) is 3.05. The van der Waals surface area contributed by atoms with Crippen LogP contribution in [0.15, 0.2) is 0 Å². The van der Waals surface area contributed by atoms with E-state index in [-0.39, 0.29) is 42.8 Å². The van der Waals surface area contributed by atoms with Crippen LogP contribution in [0.2, 0.25) is 0 Å². The van der Waals surface area contributed by atoms with Gasteiger partial charge in [0.05, 0.1) is 17.9 Å². The molecule has 2 aliphatic heterocycles. The molecular formula is C17H32ClN3O4S. The minimum absolute atomic E-state index is 0. The molecule has 7 nitrogen and oxygen atoms in total. The van der Waals surface area contributed by atoms with Gasteiger partial charge < -0.3 is 15.4 Å². The van der Waals surface area contributed by atoms with Gasteiger partial charge in [0.1, 0.15) is 0 Å². The molecule has 0 aromatic carbocycles. The molecule has 9 heteroatoms. The van der Waals surface area contributed by atoms with Gasteiger partial charge in [-0.3, -0.25) is 4.79 Å². The largest absolute Gasteiger partial charge is 0.377 e. The standard InChI is InChI=1S/C17H31N3O4S.ClH/c21-17(16-11-13-5-1-2-7-15(13)20-16)18-8-10-25(22,23)19-12-14-6-3-4-9-24-14;/h13-16,19-20H,1-12H2,(H,18,21);1H. The third-order valence-corrected chi connectivity index (χ3v) is 7.00. The average molecular weight is 410 g/mol. The molecule has 1 amide bonds. The lowest BCUT2D eigenvalue weighted by Crippen LogP contribution is -2.45. The van der Waals surface area contributed by atoms with E-state index >= 15 is 0 Å². The molecule has 0 aromatic rings. The highest BCUT2D eigenvalue weighted by atomic mass is 35.5. The molecule has 0 bridgehead atoms. The van der Waals surface area contributed by atoms with Gasteiger partial charge in [0, 0.05) is 25.7 Å². The minimum atomic E-state index is -3.39. The second kappa shape index (κ2) is 10.2. The van der Waals surface area contributed by atoms with Crippen LogP contribution in [-0.4, -0.2) is 58.0 Å². The van der Waals surface area contributed by atoms with Gasteiger partial charge in [-0.05, 0) is 44.4 Å². The van der Waals surface area contributed by atoms with Crippen LogP contribution in [0, 0.1) is 5.92 Å². The van der Waals surface area contributed by atoms with Crippen molar-refractivity contribution in [3.05, 3.63) is 0 Å². The fourth-order valence-corrected chi connectivity index (χ4v) is 5.17. The number of halogens is 1. The van der Waals surface area contributed by atoms with Crippen LogP contribution >= 0.6 is 12.4 Å². The van der Waals surface area contributed by atoms with E-state index in [1.54, 1.807) is 0 Å². The van der Waals surface area contributed by atoms with Gasteiger partial charge in [-0.25, -0.2) is 13.1 Å². The molecule has 2 heterocycles. The first kappa shape index (κ1) is 21.9. The Morgan fingerprint density at radius 1 is 1.12 bits per heavy atom. The van der Waals surface area contributed by atoms with Gasteiger partial charge in [0.2, 0.25) is 15.9 Å². The Bertz CT molecular complexity index is 540. The molecule has 4 atom stereocenters. The zero-order valence-electron chi connectivity index (χ0n) is 15.2. The molecule has 1 saturated carbocycles. The van der Waals surface area contributed by atoms with Crippen molar-refractivity contribution in [2.45, 2.75) is 69.6 Å². The maximum Gasteiger partial charge on any atom is 0.237 e. The van der Waals surface area contributed by atoms with Crippen molar-refractivity contribution in [1.82, 2.24) is 15.4 Å². The molecule has 3 rings (SSSR count). The Labute approximate surface area is 162 Å². The smallest absolute Gasteiger partial charge is 0.237 e. The molecule has 1 aliphatic carbocycles. The van der Waals surface area contributed by atoms with Crippen molar-refractivity contribution in [3.63, 3.8) is 0 Å². The van der Waals surface area contributed by atoms with Gasteiger partial charge in [-0.1, -0.05) is 12.8 Å². The Balaban J connectivity index is 0.00000243. The molecule has 0 spiro atoms. The second-order valence-electron chi connectivity index (χ2n) is 7.55. The molecule has 3 fully saturated rings. The van der Waals surface area contributed by atoms with Crippen molar-refractivity contribution in [2.24, 2.45) is 5.92 Å².